The highest BCUT2D eigenvalue weighted by atomic mass is 35.5. The number of carbonyl (C=O) groups excluding carboxylic acids is 3. The molecule has 2 unspecified atom stereocenters. The summed E-state index contributed by atoms with van der Waals surface area (Å²) >= 11 is 6.52. The Kier molecular flexibility index (Phi) is 8.12. The lowest BCUT2D eigenvalue weighted by Crippen LogP contribution is -2.57. The second-order valence-corrected chi connectivity index (χ2v) is 10.8. The molecular formula is C31H33ClN2O6. The molecule has 8 nitrogen and oxygen atoms in total. The molecule has 9 heteroatoms. The number of amides is 2. The average Bonchev–Trinajstić information content (AvgIpc) is 3.61. The molecule has 2 amide bonds. The van der Waals surface area contributed by atoms with Crippen LogP contribution >= 0.6 is 11.6 Å². The van der Waals surface area contributed by atoms with Crippen LogP contribution in [0.15, 0.2) is 79.9 Å². The number of nitrogens with zero attached hydrogens (tertiary/aromatic N) is 2. The first kappa shape index (κ1) is 28.1. The Balaban J connectivity index is 1.62. The van der Waals surface area contributed by atoms with Crippen molar-refractivity contribution >= 4 is 35.1 Å². The van der Waals surface area contributed by atoms with E-state index in [1.54, 1.807) is 48.6 Å². The Hall–Kier alpha value is -3.46. The Bertz CT molecular complexity index is 1300. The highest BCUT2D eigenvalue weighted by Crippen LogP contribution is 2.60. The van der Waals surface area contributed by atoms with Crippen LogP contribution in [0.2, 0.25) is 5.02 Å². The topological polar surface area (TPSA) is 96.4 Å². The molecule has 3 saturated heterocycles. The highest BCUT2D eigenvalue weighted by Gasteiger charge is 2.75. The molecule has 0 saturated carbocycles. The van der Waals surface area contributed by atoms with E-state index in [9.17, 15) is 19.5 Å². The second-order valence-electron chi connectivity index (χ2n) is 10.3. The molecule has 2 aromatic rings. The number of anilines is 1. The quantitative estimate of drug-likeness (QED) is 0.251. The van der Waals surface area contributed by atoms with E-state index >= 15 is 0 Å². The summed E-state index contributed by atoms with van der Waals surface area (Å²) in [4.78, 5) is 45.3. The Morgan fingerprint density at radius 1 is 1.18 bits per heavy atom. The molecule has 3 fully saturated rings. The van der Waals surface area contributed by atoms with Crippen LogP contribution < -0.4 is 4.90 Å². The van der Waals surface area contributed by atoms with Gasteiger partial charge in [-0.3, -0.25) is 14.4 Å². The number of hydrogen-bond donors (Lipinski definition) is 1. The molecule has 5 rings (SSSR count). The van der Waals surface area contributed by atoms with Crippen molar-refractivity contribution in [2.45, 2.75) is 43.1 Å². The number of fused-ring (bicyclic) bond motifs is 1. The van der Waals surface area contributed by atoms with Crippen LogP contribution in [0.1, 0.15) is 30.9 Å². The fourth-order valence-electron chi connectivity index (χ4n) is 6.60. The molecule has 0 aromatic heterocycles. The van der Waals surface area contributed by atoms with E-state index in [0.29, 0.717) is 35.5 Å². The van der Waals surface area contributed by atoms with Gasteiger partial charge >= 0.3 is 5.97 Å². The van der Waals surface area contributed by atoms with Crippen LogP contribution in [-0.4, -0.2) is 65.3 Å². The average molecular weight is 565 g/mol. The molecule has 3 heterocycles. The third-order valence-corrected chi connectivity index (χ3v) is 8.54. The number of halogens is 1. The molecule has 3 aliphatic heterocycles. The Labute approximate surface area is 238 Å². The van der Waals surface area contributed by atoms with Gasteiger partial charge in [-0.05, 0) is 37.0 Å². The molecule has 2 bridgehead atoms. The number of rotatable bonds is 11. The van der Waals surface area contributed by atoms with Crippen LogP contribution in [0.3, 0.4) is 0 Å². The predicted molar refractivity (Wildman–Crippen MR) is 150 cm³/mol. The summed E-state index contributed by atoms with van der Waals surface area (Å²) in [6, 6.07) is 14.1. The van der Waals surface area contributed by atoms with Crippen molar-refractivity contribution in [3.05, 3.63) is 90.5 Å². The van der Waals surface area contributed by atoms with Gasteiger partial charge in [-0.15, -0.1) is 13.2 Å². The monoisotopic (exact) mass is 564 g/mol. The van der Waals surface area contributed by atoms with Gasteiger partial charge in [-0.1, -0.05) is 66.2 Å². The molecule has 6 atom stereocenters. The number of benzene rings is 2. The van der Waals surface area contributed by atoms with Gasteiger partial charge in [0.25, 0.3) is 5.91 Å². The van der Waals surface area contributed by atoms with Crippen LogP contribution in [-0.2, 0) is 23.9 Å². The standard InChI is InChI=1S/C31H33ClN2O6/c1-3-5-18-39-30(38)25-24-15-16-31(40-24)26(25)28(36)34(23(19-35)20-11-7-6-8-12-20)27(31)29(37)33(17-4-2)22-14-10-9-13-21(22)32/h3-4,6-14,23-27,35H,1-2,5,15-19H2/t23-,24+,25-,26+,27?,31?/m1/s1. The van der Waals surface area contributed by atoms with E-state index in [4.69, 9.17) is 21.1 Å². The number of esters is 1. The summed E-state index contributed by atoms with van der Waals surface area (Å²) < 4.78 is 12.0. The summed E-state index contributed by atoms with van der Waals surface area (Å²) in [5.41, 5.74) is -0.126. The minimum atomic E-state index is -1.26. The first-order chi connectivity index (χ1) is 19.4. The third kappa shape index (κ3) is 4.54. The van der Waals surface area contributed by atoms with Gasteiger partial charge in [0.2, 0.25) is 5.91 Å². The molecular weight excluding hydrogens is 532 g/mol. The lowest BCUT2D eigenvalue weighted by molar-refractivity contribution is -0.155. The van der Waals surface area contributed by atoms with E-state index < -0.39 is 60.0 Å². The first-order valence-electron chi connectivity index (χ1n) is 13.5. The maximum atomic E-state index is 14.6. The number of likely N-dealkylation sites (tertiary alicyclic amines) is 1. The first-order valence-corrected chi connectivity index (χ1v) is 13.9. The van der Waals surface area contributed by atoms with Gasteiger partial charge in [-0.2, -0.15) is 0 Å². The number of aliphatic hydroxyl groups excluding tert-OH is 1. The Morgan fingerprint density at radius 2 is 1.90 bits per heavy atom. The second kappa shape index (κ2) is 11.6. The normalized spacial score (nSPS) is 27.2. The Morgan fingerprint density at radius 3 is 2.58 bits per heavy atom. The van der Waals surface area contributed by atoms with Crippen molar-refractivity contribution in [1.82, 2.24) is 4.90 Å². The molecule has 1 spiro atoms. The van der Waals surface area contributed by atoms with Crippen LogP contribution in [0, 0.1) is 11.8 Å². The maximum Gasteiger partial charge on any atom is 0.312 e. The SMILES string of the molecule is C=CCCOC(=O)[C@@H]1[C@@H]2CCC3(O2)C(C(=O)N(CC=C)c2ccccc2Cl)N([C@H](CO)c2ccccc2)C(=O)[C@H]13. The number of hydrogen-bond acceptors (Lipinski definition) is 6. The van der Waals surface area contributed by atoms with E-state index in [1.165, 1.54) is 9.80 Å². The largest absolute Gasteiger partial charge is 0.465 e. The fourth-order valence-corrected chi connectivity index (χ4v) is 6.83. The lowest BCUT2D eigenvalue weighted by Gasteiger charge is -2.39. The number of para-hydroxylation sites is 1. The number of carbonyl (C=O) groups is 3. The zero-order valence-electron chi connectivity index (χ0n) is 22.2. The van der Waals surface area contributed by atoms with Crippen molar-refractivity contribution in [2.75, 3.05) is 24.7 Å². The minimum absolute atomic E-state index is 0.132. The lowest BCUT2D eigenvalue weighted by atomic mass is 9.70. The van der Waals surface area contributed by atoms with Crippen LogP contribution in [0.25, 0.3) is 0 Å². The zero-order valence-corrected chi connectivity index (χ0v) is 22.9. The predicted octanol–water partition coefficient (Wildman–Crippen LogP) is 4.09. The molecule has 210 valence electrons. The number of aliphatic hydroxyl groups is 1. The summed E-state index contributed by atoms with van der Waals surface area (Å²) in [7, 11) is 0. The van der Waals surface area contributed by atoms with Gasteiger partial charge in [0.15, 0.2) is 0 Å². The molecule has 3 aliphatic rings. The van der Waals surface area contributed by atoms with Gasteiger partial charge in [0.1, 0.15) is 11.6 Å². The van der Waals surface area contributed by atoms with Gasteiger partial charge in [-0.25, -0.2) is 0 Å². The fraction of sp³-hybridized carbons (Fsp3) is 0.387. The third-order valence-electron chi connectivity index (χ3n) is 8.22. The van der Waals surface area contributed by atoms with Gasteiger partial charge in [0, 0.05) is 6.54 Å². The van der Waals surface area contributed by atoms with Gasteiger partial charge < -0.3 is 24.4 Å². The maximum absolute atomic E-state index is 14.6. The summed E-state index contributed by atoms with van der Waals surface area (Å²) in [6.07, 6.45) is 4.10. The van der Waals surface area contributed by atoms with Crippen molar-refractivity contribution in [3.63, 3.8) is 0 Å². The van der Waals surface area contributed by atoms with Crippen LogP contribution in [0.5, 0.6) is 0 Å². The summed E-state index contributed by atoms with van der Waals surface area (Å²) in [6.45, 7) is 7.34. The van der Waals surface area contributed by atoms with Crippen molar-refractivity contribution in [3.8, 4) is 0 Å². The smallest absolute Gasteiger partial charge is 0.312 e. The van der Waals surface area contributed by atoms with Crippen molar-refractivity contribution in [2.24, 2.45) is 11.8 Å². The molecule has 1 N–H and O–H groups in total. The van der Waals surface area contributed by atoms with E-state index in [2.05, 4.69) is 13.2 Å². The highest BCUT2D eigenvalue weighted by molar-refractivity contribution is 6.34. The van der Waals surface area contributed by atoms with Gasteiger partial charge in [0.05, 0.1) is 47.9 Å². The number of ether oxygens (including phenoxy) is 2. The molecule has 40 heavy (non-hydrogen) atoms. The minimum Gasteiger partial charge on any atom is -0.465 e. The van der Waals surface area contributed by atoms with E-state index in [0.717, 1.165) is 0 Å². The van der Waals surface area contributed by atoms with Crippen LogP contribution in [0.4, 0.5) is 5.69 Å². The molecule has 2 aromatic carbocycles. The van der Waals surface area contributed by atoms with Crippen molar-refractivity contribution < 1.29 is 29.0 Å². The van der Waals surface area contributed by atoms with E-state index in [-0.39, 0.29) is 13.2 Å². The zero-order chi connectivity index (χ0) is 28.4. The van der Waals surface area contributed by atoms with Crippen molar-refractivity contribution in [1.29, 1.82) is 0 Å². The van der Waals surface area contributed by atoms with E-state index in [1.807, 2.05) is 18.2 Å². The molecule has 0 aliphatic carbocycles. The molecule has 0 radical (unpaired) electrons. The summed E-state index contributed by atoms with van der Waals surface area (Å²) in [5.74, 6) is -3.12. The summed E-state index contributed by atoms with van der Waals surface area (Å²) in [5, 5.41) is 11.0.